The number of sulfonamides is 1. The number of benzene rings is 2. The van der Waals surface area contributed by atoms with Crippen molar-refractivity contribution in [3.63, 3.8) is 0 Å². The first-order valence-corrected chi connectivity index (χ1v) is 10.3. The van der Waals surface area contributed by atoms with E-state index >= 15 is 0 Å². The molecule has 0 saturated carbocycles. The molecular weight excluding hydrogens is 407 g/mol. The topological polar surface area (TPSA) is 66.5 Å². The molecule has 2 aromatic rings. The maximum absolute atomic E-state index is 12.1. The summed E-state index contributed by atoms with van der Waals surface area (Å²) in [6.07, 6.45) is 2.98. The van der Waals surface area contributed by atoms with E-state index in [0.29, 0.717) is 15.6 Å². The van der Waals surface area contributed by atoms with Gasteiger partial charge in [-0.1, -0.05) is 47.5 Å². The van der Waals surface area contributed by atoms with Crippen molar-refractivity contribution >= 4 is 45.2 Å². The fourth-order valence-electron chi connectivity index (χ4n) is 2.33. The average Bonchev–Trinajstić information content (AvgIpc) is 2.62. The molecule has 8 heteroatoms. The highest BCUT2D eigenvalue weighted by Gasteiger charge is 2.16. The molecule has 0 aliphatic heterocycles. The fraction of sp³-hybridized carbons (Fsp3) is 0.211. The zero-order chi connectivity index (χ0) is 20.2. The van der Waals surface area contributed by atoms with E-state index in [-0.39, 0.29) is 16.8 Å². The molecule has 0 radical (unpaired) electrons. The predicted molar refractivity (Wildman–Crippen MR) is 109 cm³/mol. The van der Waals surface area contributed by atoms with Crippen LogP contribution in [0.4, 0.5) is 0 Å². The Hall–Kier alpha value is -1.86. The van der Waals surface area contributed by atoms with Crippen molar-refractivity contribution in [3.8, 4) is 0 Å². The van der Waals surface area contributed by atoms with Gasteiger partial charge in [0.1, 0.15) is 0 Å². The number of rotatable bonds is 6. The lowest BCUT2D eigenvalue weighted by molar-refractivity contribution is -0.117. The van der Waals surface area contributed by atoms with Crippen molar-refractivity contribution in [2.75, 3.05) is 14.1 Å². The Kier molecular flexibility index (Phi) is 7.06. The van der Waals surface area contributed by atoms with Crippen LogP contribution in [0.5, 0.6) is 0 Å². The van der Waals surface area contributed by atoms with Crippen LogP contribution in [-0.2, 0) is 14.8 Å². The lowest BCUT2D eigenvalue weighted by atomic mass is 10.1. The third-order valence-electron chi connectivity index (χ3n) is 3.89. The van der Waals surface area contributed by atoms with E-state index in [9.17, 15) is 13.2 Å². The minimum absolute atomic E-state index is 0.193. The maximum atomic E-state index is 12.1. The summed E-state index contributed by atoms with van der Waals surface area (Å²) in [7, 11) is -0.526. The van der Waals surface area contributed by atoms with Gasteiger partial charge in [-0.2, -0.15) is 0 Å². The van der Waals surface area contributed by atoms with Gasteiger partial charge in [-0.25, -0.2) is 12.7 Å². The Morgan fingerprint density at radius 1 is 1.11 bits per heavy atom. The molecule has 27 heavy (non-hydrogen) atoms. The lowest BCUT2D eigenvalue weighted by Gasteiger charge is -2.15. The largest absolute Gasteiger partial charge is 0.346 e. The molecule has 0 saturated heterocycles. The highest BCUT2D eigenvalue weighted by Crippen LogP contribution is 2.29. The quantitative estimate of drug-likeness (QED) is 0.705. The van der Waals surface area contributed by atoms with E-state index in [2.05, 4.69) is 5.32 Å². The number of hydrogen-bond acceptors (Lipinski definition) is 3. The first-order chi connectivity index (χ1) is 12.6. The number of carbonyl (C=O) groups excluding carboxylic acids is 1. The molecule has 0 aliphatic rings. The van der Waals surface area contributed by atoms with Gasteiger partial charge in [0.2, 0.25) is 15.9 Å². The van der Waals surface area contributed by atoms with Gasteiger partial charge < -0.3 is 5.32 Å². The molecule has 1 amide bonds. The summed E-state index contributed by atoms with van der Waals surface area (Å²) >= 11 is 12.2. The molecule has 1 N–H and O–H groups in total. The van der Waals surface area contributed by atoms with Crippen LogP contribution in [0.3, 0.4) is 0 Å². The Balaban J connectivity index is 2.05. The Morgan fingerprint density at radius 3 is 2.33 bits per heavy atom. The molecule has 0 heterocycles. The molecule has 0 aliphatic carbocycles. The number of amides is 1. The number of nitrogens with one attached hydrogen (secondary N) is 1. The van der Waals surface area contributed by atoms with Gasteiger partial charge in [-0.15, -0.1) is 0 Å². The molecule has 1 unspecified atom stereocenters. The van der Waals surface area contributed by atoms with E-state index in [1.807, 2.05) is 6.92 Å². The van der Waals surface area contributed by atoms with Gasteiger partial charge in [0.15, 0.2) is 0 Å². The summed E-state index contributed by atoms with van der Waals surface area (Å²) in [4.78, 5) is 12.3. The summed E-state index contributed by atoms with van der Waals surface area (Å²) in [5.41, 5.74) is 1.43. The van der Waals surface area contributed by atoms with E-state index in [1.165, 1.54) is 32.3 Å². The standard InChI is InChI=1S/C19H20Cl2N2O3S/c1-13(16-5-4-6-17(20)19(16)21)22-18(24)12-9-14-7-10-15(11-8-14)27(25,26)23(2)3/h4-13H,1-3H3,(H,22,24)/b12-9+. The first kappa shape index (κ1) is 21.4. The number of nitrogens with zero attached hydrogens (tertiary/aromatic N) is 1. The zero-order valence-electron chi connectivity index (χ0n) is 15.1. The smallest absolute Gasteiger partial charge is 0.244 e. The number of carbonyl (C=O) groups is 1. The van der Waals surface area contributed by atoms with E-state index in [1.54, 1.807) is 36.4 Å². The summed E-state index contributed by atoms with van der Waals surface area (Å²) in [6, 6.07) is 11.2. The van der Waals surface area contributed by atoms with E-state index in [4.69, 9.17) is 23.2 Å². The normalized spacial score (nSPS) is 13.1. The van der Waals surface area contributed by atoms with Gasteiger partial charge in [0.25, 0.3) is 0 Å². The molecule has 0 aromatic heterocycles. The van der Waals surface area contributed by atoms with E-state index < -0.39 is 10.0 Å². The Bertz CT molecular complexity index is 955. The van der Waals surface area contributed by atoms with Gasteiger partial charge >= 0.3 is 0 Å². The van der Waals surface area contributed by atoms with Gasteiger partial charge in [0, 0.05) is 20.2 Å². The van der Waals surface area contributed by atoms with Crippen LogP contribution in [-0.4, -0.2) is 32.7 Å². The molecular formula is C19H20Cl2N2O3S. The monoisotopic (exact) mass is 426 g/mol. The van der Waals surface area contributed by atoms with Crippen molar-refractivity contribution in [2.45, 2.75) is 17.9 Å². The zero-order valence-corrected chi connectivity index (χ0v) is 17.4. The van der Waals surface area contributed by atoms with Crippen LogP contribution >= 0.6 is 23.2 Å². The minimum Gasteiger partial charge on any atom is -0.346 e. The average molecular weight is 427 g/mol. The highest BCUT2D eigenvalue weighted by molar-refractivity contribution is 7.89. The van der Waals surface area contributed by atoms with Gasteiger partial charge in [0.05, 0.1) is 21.0 Å². The van der Waals surface area contributed by atoms with Crippen molar-refractivity contribution < 1.29 is 13.2 Å². The highest BCUT2D eigenvalue weighted by atomic mass is 35.5. The minimum atomic E-state index is -3.47. The van der Waals surface area contributed by atoms with Gasteiger partial charge in [-0.3, -0.25) is 4.79 Å². The van der Waals surface area contributed by atoms with Crippen molar-refractivity contribution in [1.29, 1.82) is 0 Å². The third kappa shape index (κ3) is 5.32. The Morgan fingerprint density at radius 2 is 1.74 bits per heavy atom. The summed E-state index contributed by atoms with van der Waals surface area (Å²) < 4.78 is 25.2. The molecule has 0 spiro atoms. The number of halogens is 2. The first-order valence-electron chi connectivity index (χ1n) is 8.08. The molecule has 144 valence electrons. The van der Waals surface area contributed by atoms with Crippen LogP contribution in [0, 0.1) is 0 Å². The van der Waals surface area contributed by atoms with Crippen molar-refractivity contribution in [2.24, 2.45) is 0 Å². The van der Waals surface area contributed by atoms with Crippen LogP contribution in [0.1, 0.15) is 24.1 Å². The van der Waals surface area contributed by atoms with Crippen LogP contribution in [0.25, 0.3) is 6.08 Å². The van der Waals surface area contributed by atoms with Crippen LogP contribution in [0.15, 0.2) is 53.4 Å². The fourth-order valence-corrected chi connectivity index (χ4v) is 3.70. The maximum Gasteiger partial charge on any atom is 0.244 e. The van der Waals surface area contributed by atoms with Crippen molar-refractivity contribution in [1.82, 2.24) is 9.62 Å². The summed E-state index contributed by atoms with van der Waals surface area (Å²) in [5, 5.41) is 3.65. The molecule has 2 rings (SSSR count). The molecule has 0 bridgehead atoms. The second-order valence-electron chi connectivity index (χ2n) is 6.06. The summed E-state index contributed by atoms with van der Waals surface area (Å²) in [6.45, 7) is 1.81. The number of hydrogen-bond donors (Lipinski definition) is 1. The third-order valence-corrected chi connectivity index (χ3v) is 6.56. The van der Waals surface area contributed by atoms with Gasteiger partial charge in [-0.05, 0) is 42.3 Å². The van der Waals surface area contributed by atoms with E-state index in [0.717, 1.165) is 9.87 Å². The van der Waals surface area contributed by atoms with Crippen LogP contribution in [0.2, 0.25) is 10.0 Å². The molecule has 1 atom stereocenters. The summed E-state index contributed by atoms with van der Waals surface area (Å²) in [5.74, 6) is -0.302. The molecule has 2 aromatic carbocycles. The van der Waals surface area contributed by atoms with Crippen molar-refractivity contribution in [3.05, 3.63) is 69.7 Å². The SMILES string of the molecule is CC(NC(=O)/C=C/c1ccc(S(=O)(=O)N(C)C)cc1)c1cccc(Cl)c1Cl. The second-order valence-corrected chi connectivity index (χ2v) is 9.00. The Labute approximate surface area is 169 Å². The van der Waals surface area contributed by atoms with Crippen LogP contribution < -0.4 is 5.32 Å². The lowest BCUT2D eigenvalue weighted by Crippen LogP contribution is -2.24. The predicted octanol–water partition coefficient (Wildman–Crippen LogP) is 4.13. The molecule has 0 fully saturated rings. The second kappa shape index (κ2) is 8.89. The molecule has 5 nitrogen and oxygen atoms in total.